The van der Waals surface area contributed by atoms with E-state index in [4.69, 9.17) is 0 Å². The second-order valence-corrected chi connectivity index (χ2v) is 4.11. The monoisotopic (exact) mass is 222 g/mol. The van der Waals surface area contributed by atoms with Gasteiger partial charge in [0.2, 0.25) is 0 Å². The SMILES string of the molecule is CCCN(C(=O)c1cnc[nH]1)C1CCNC1. The van der Waals surface area contributed by atoms with Gasteiger partial charge in [0.05, 0.1) is 12.5 Å². The molecule has 1 amide bonds. The van der Waals surface area contributed by atoms with Crippen molar-refractivity contribution in [1.82, 2.24) is 20.2 Å². The van der Waals surface area contributed by atoms with Gasteiger partial charge in [0.1, 0.15) is 5.69 Å². The summed E-state index contributed by atoms with van der Waals surface area (Å²) in [6.45, 7) is 4.81. The Morgan fingerprint density at radius 2 is 2.56 bits per heavy atom. The van der Waals surface area contributed by atoms with Gasteiger partial charge in [-0.1, -0.05) is 6.92 Å². The van der Waals surface area contributed by atoms with Crippen LogP contribution in [0.25, 0.3) is 0 Å². The van der Waals surface area contributed by atoms with Crippen LogP contribution in [-0.2, 0) is 0 Å². The summed E-state index contributed by atoms with van der Waals surface area (Å²) in [5.41, 5.74) is 0.584. The largest absolute Gasteiger partial charge is 0.341 e. The summed E-state index contributed by atoms with van der Waals surface area (Å²) in [6.07, 6.45) is 5.16. The topological polar surface area (TPSA) is 61.0 Å². The molecule has 16 heavy (non-hydrogen) atoms. The van der Waals surface area contributed by atoms with E-state index in [0.717, 1.165) is 32.5 Å². The highest BCUT2D eigenvalue weighted by Gasteiger charge is 2.27. The number of imidazole rings is 1. The fraction of sp³-hybridized carbons (Fsp3) is 0.636. The van der Waals surface area contributed by atoms with E-state index in [1.807, 2.05) is 4.90 Å². The summed E-state index contributed by atoms with van der Waals surface area (Å²) in [6, 6.07) is 0.329. The number of carbonyl (C=O) groups excluding carboxylic acids is 1. The quantitative estimate of drug-likeness (QED) is 0.785. The maximum Gasteiger partial charge on any atom is 0.272 e. The Morgan fingerprint density at radius 3 is 3.12 bits per heavy atom. The van der Waals surface area contributed by atoms with Gasteiger partial charge in [-0.25, -0.2) is 4.98 Å². The zero-order valence-electron chi connectivity index (χ0n) is 9.57. The van der Waals surface area contributed by atoms with Gasteiger partial charge >= 0.3 is 0 Å². The lowest BCUT2D eigenvalue weighted by atomic mass is 10.2. The molecular formula is C11H18N4O. The number of aromatic nitrogens is 2. The zero-order chi connectivity index (χ0) is 11.4. The molecule has 1 aromatic rings. The maximum atomic E-state index is 12.2. The lowest BCUT2D eigenvalue weighted by Gasteiger charge is -2.27. The maximum absolute atomic E-state index is 12.2. The first kappa shape index (κ1) is 11.1. The predicted octanol–water partition coefficient (Wildman–Crippen LogP) is 0.624. The molecule has 0 aromatic carbocycles. The molecule has 0 saturated carbocycles. The highest BCUT2D eigenvalue weighted by Crippen LogP contribution is 2.12. The van der Waals surface area contributed by atoms with Gasteiger partial charge in [-0.3, -0.25) is 4.79 Å². The minimum absolute atomic E-state index is 0.0630. The molecule has 0 radical (unpaired) electrons. The molecule has 1 saturated heterocycles. The molecule has 1 aliphatic heterocycles. The third-order valence-electron chi connectivity index (χ3n) is 2.93. The van der Waals surface area contributed by atoms with Crippen molar-refractivity contribution < 1.29 is 4.79 Å². The lowest BCUT2D eigenvalue weighted by Crippen LogP contribution is -2.42. The molecular weight excluding hydrogens is 204 g/mol. The Morgan fingerprint density at radius 1 is 1.69 bits per heavy atom. The second-order valence-electron chi connectivity index (χ2n) is 4.11. The molecule has 2 rings (SSSR count). The Hall–Kier alpha value is -1.36. The number of hydrogen-bond acceptors (Lipinski definition) is 3. The van der Waals surface area contributed by atoms with Crippen LogP contribution >= 0.6 is 0 Å². The molecule has 2 heterocycles. The summed E-state index contributed by atoms with van der Waals surface area (Å²) in [5, 5.41) is 3.29. The van der Waals surface area contributed by atoms with Crippen LogP contribution in [0.4, 0.5) is 0 Å². The predicted molar refractivity (Wildman–Crippen MR) is 61.2 cm³/mol. The smallest absolute Gasteiger partial charge is 0.272 e. The summed E-state index contributed by atoms with van der Waals surface area (Å²) in [4.78, 5) is 20.9. The molecule has 1 aromatic heterocycles. The number of nitrogens with zero attached hydrogens (tertiary/aromatic N) is 2. The van der Waals surface area contributed by atoms with Crippen LogP contribution in [0.1, 0.15) is 30.3 Å². The molecule has 5 heteroatoms. The van der Waals surface area contributed by atoms with Crippen LogP contribution < -0.4 is 5.32 Å². The molecule has 88 valence electrons. The van der Waals surface area contributed by atoms with Crippen molar-refractivity contribution >= 4 is 5.91 Å². The van der Waals surface area contributed by atoms with Gasteiger partial charge in [-0.05, 0) is 19.4 Å². The van der Waals surface area contributed by atoms with Crippen molar-refractivity contribution in [3.8, 4) is 0 Å². The van der Waals surface area contributed by atoms with Crippen LogP contribution in [0.5, 0.6) is 0 Å². The van der Waals surface area contributed by atoms with Crippen LogP contribution in [0.3, 0.4) is 0 Å². The van der Waals surface area contributed by atoms with E-state index in [1.54, 1.807) is 12.5 Å². The summed E-state index contributed by atoms with van der Waals surface area (Å²) in [7, 11) is 0. The van der Waals surface area contributed by atoms with Crippen molar-refractivity contribution in [3.05, 3.63) is 18.2 Å². The van der Waals surface area contributed by atoms with Crippen LogP contribution in [0, 0.1) is 0 Å². The van der Waals surface area contributed by atoms with Crippen molar-refractivity contribution in [2.75, 3.05) is 19.6 Å². The number of hydrogen-bond donors (Lipinski definition) is 2. The van der Waals surface area contributed by atoms with Gasteiger partial charge < -0.3 is 15.2 Å². The summed E-state index contributed by atoms with van der Waals surface area (Å²) in [5.74, 6) is 0.0630. The van der Waals surface area contributed by atoms with Crippen LogP contribution in [-0.4, -0.2) is 46.5 Å². The van der Waals surface area contributed by atoms with Crippen LogP contribution in [0.15, 0.2) is 12.5 Å². The van der Waals surface area contributed by atoms with Crippen molar-refractivity contribution in [1.29, 1.82) is 0 Å². The fourth-order valence-electron chi connectivity index (χ4n) is 2.12. The first-order valence-corrected chi connectivity index (χ1v) is 5.83. The third-order valence-corrected chi connectivity index (χ3v) is 2.93. The number of H-pyrrole nitrogens is 1. The lowest BCUT2D eigenvalue weighted by molar-refractivity contribution is 0.0687. The molecule has 2 N–H and O–H groups in total. The molecule has 1 aliphatic rings. The summed E-state index contributed by atoms with van der Waals surface area (Å²) >= 11 is 0. The minimum atomic E-state index is 0.0630. The van der Waals surface area contributed by atoms with Gasteiger partial charge in [-0.2, -0.15) is 0 Å². The molecule has 0 aliphatic carbocycles. The molecule has 1 unspecified atom stereocenters. The van der Waals surface area contributed by atoms with E-state index < -0.39 is 0 Å². The molecule has 0 spiro atoms. The van der Waals surface area contributed by atoms with E-state index in [0.29, 0.717) is 11.7 Å². The Bertz CT molecular complexity index is 330. The molecule has 5 nitrogen and oxygen atoms in total. The minimum Gasteiger partial charge on any atom is -0.341 e. The Labute approximate surface area is 95.2 Å². The average Bonchev–Trinajstić information content (AvgIpc) is 2.96. The standard InChI is InChI=1S/C11H18N4O/c1-2-5-15(9-3-4-12-6-9)11(16)10-7-13-8-14-10/h7-9,12H,2-6H2,1H3,(H,13,14). The van der Waals surface area contributed by atoms with Crippen molar-refractivity contribution in [3.63, 3.8) is 0 Å². The number of aromatic amines is 1. The highest BCUT2D eigenvalue weighted by molar-refractivity contribution is 5.92. The van der Waals surface area contributed by atoms with E-state index in [-0.39, 0.29) is 5.91 Å². The van der Waals surface area contributed by atoms with Crippen molar-refractivity contribution in [2.45, 2.75) is 25.8 Å². The summed E-state index contributed by atoms with van der Waals surface area (Å²) < 4.78 is 0. The highest BCUT2D eigenvalue weighted by atomic mass is 16.2. The molecule has 1 fully saturated rings. The number of nitrogens with one attached hydrogen (secondary N) is 2. The van der Waals surface area contributed by atoms with E-state index in [9.17, 15) is 4.79 Å². The fourth-order valence-corrected chi connectivity index (χ4v) is 2.12. The zero-order valence-corrected chi connectivity index (χ0v) is 9.57. The normalized spacial score (nSPS) is 19.9. The van der Waals surface area contributed by atoms with Gasteiger partial charge in [-0.15, -0.1) is 0 Å². The number of carbonyl (C=O) groups is 1. The van der Waals surface area contributed by atoms with E-state index >= 15 is 0 Å². The van der Waals surface area contributed by atoms with Gasteiger partial charge in [0.15, 0.2) is 0 Å². The van der Waals surface area contributed by atoms with Crippen molar-refractivity contribution in [2.24, 2.45) is 0 Å². The Balaban J connectivity index is 2.09. The average molecular weight is 222 g/mol. The first-order valence-electron chi connectivity index (χ1n) is 5.83. The third kappa shape index (κ3) is 2.24. The van der Waals surface area contributed by atoms with Gasteiger partial charge in [0, 0.05) is 19.1 Å². The number of rotatable bonds is 4. The Kier molecular flexibility index (Phi) is 3.56. The van der Waals surface area contributed by atoms with Crippen LogP contribution in [0.2, 0.25) is 0 Å². The van der Waals surface area contributed by atoms with Gasteiger partial charge in [0.25, 0.3) is 5.91 Å². The number of amides is 1. The second kappa shape index (κ2) is 5.12. The van der Waals surface area contributed by atoms with E-state index in [2.05, 4.69) is 22.2 Å². The molecule has 0 bridgehead atoms. The first-order chi connectivity index (χ1) is 7.83. The van der Waals surface area contributed by atoms with E-state index in [1.165, 1.54) is 0 Å². The molecule has 1 atom stereocenters.